The van der Waals surface area contributed by atoms with Crippen LogP contribution >= 0.6 is 0 Å². The van der Waals surface area contributed by atoms with Gasteiger partial charge in [0.15, 0.2) is 0 Å². The highest BCUT2D eigenvalue weighted by Gasteiger charge is 2.33. The molecular formula is C20H12F4NO-. The molecule has 3 aromatic carbocycles. The Hall–Kier alpha value is -3.15. The summed E-state index contributed by atoms with van der Waals surface area (Å²) in [5.41, 5.74) is 0.208. The van der Waals surface area contributed by atoms with Crippen LogP contribution < -0.4 is 5.11 Å². The Morgan fingerprint density at radius 3 is 2.04 bits per heavy atom. The first-order chi connectivity index (χ1) is 12.3. The van der Waals surface area contributed by atoms with Crippen molar-refractivity contribution in [2.45, 2.75) is 6.18 Å². The molecule has 3 aromatic rings. The molecule has 0 N–H and O–H groups in total. The summed E-state index contributed by atoms with van der Waals surface area (Å²) in [7, 11) is 0. The van der Waals surface area contributed by atoms with E-state index in [9.17, 15) is 22.7 Å². The molecule has 0 bridgehead atoms. The fraction of sp³-hybridized carbons (Fsp3) is 0.0500. The maximum Gasteiger partial charge on any atom is 0.417 e. The monoisotopic (exact) mass is 358 g/mol. The van der Waals surface area contributed by atoms with E-state index in [-0.39, 0.29) is 11.1 Å². The Labute approximate surface area is 147 Å². The molecule has 0 spiro atoms. The van der Waals surface area contributed by atoms with E-state index in [1.807, 2.05) is 0 Å². The van der Waals surface area contributed by atoms with E-state index in [1.54, 1.807) is 0 Å². The Balaban J connectivity index is 1.90. The molecular weight excluding hydrogens is 346 g/mol. The number of benzene rings is 3. The van der Waals surface area contributed by atoms with E-state index >= 15 is 0 Å². The van der Waals surface area contributed by atoms with Crippen molar-refractivity contribution in [1.29, 1.82) is 0 Å². The zero-order valence-corrected chi connectivity index (χ0v) is 13.3. The van der Waals surface area contributed by atoms with Gasteiger partial charge in [-0.05, 0) is 52.9 Å². The average molecular weight is 358 g/mol. The zero-order valence-electron chi connectivity index (χ0n) is 13.3. The molecule has 0 aliphatic heterocycles. The summed E-state index contributed by atoms with van der Waals surface area (Å²) in [4.78, 5) is 3.88. The van der Waals surface area contributed by atoms with Gasteiger partial charge in [-0.15, -0.1) is 0 Å². The van der Waals surface area contributed by atoms with Crippen LogP contribution in [0.3, 0.4) is 0 Å². The standard InChI is InChI=1S/C20H13F4NO/c21-15-9-5-14(6-10-15)19(26)25-16-11-7-13(8-12-16)17-3-1-2-4-18(17)20(22,23)24/h1-12H,(H,25,26)/p-1. The molecule has 0 aliphatic rings. The van der Waals surface area contributed by atoms with Crippen LogP contribution in [0.15, 0.2) is 77.8 Å². The Morgan fingerprint density at radius 2 is 1.42 bits per heavy atom. The number of aliphatic imine (C=N–C) groups is 1. The summed E-state index contributed by atoms with van der Waals surface area (Å²) in [6.45, 7) is 0. The van der Waals surface area contributed by atoms with Crippen LogP contribution in [0.5, 0.6) is 0 Å². The fourth-order valence-corrected chi connectivity index (χ4v) is 2.47. The smallest absolute Gasteiger partial charge is 0.417 e. The minimum Gasteiger partial charge on any atom is -0.858 e. The van der Waals surface area contributed by atoms with E-state index < -0.39 is 23.5 Å². The number of alkyl halides is 3. The van der Waals surface area contributed by atoms with Gasteiger partial charge in [-0.2, -0.15) is 13.2 Å². The third-order valence-corrected chi connectivity index (χ3v) is 3.73. The molecule has 0 unspecified atom stereocenters. The van der Waals surface area contributed by atoms with Crippen molar-refractivity contribution in [1.82, 2.24) is 0 Å². The van der Waals surface area contributed by atoms with Crippen LogP contribution in [0.25, 0.3) is 11.1 Å². The van der Waals surface area contributed by atoms with Gasteiger partial charge in [-0.25, -0.2) is 4.39 Å². The van der Waals surface area contributed by atoms with Crippen molar-refractivity contribution in [2.24, 2.45) is 4.99 Å². The molecule has 2 nitrogen and oxygen atoms in total. The number of hydrogen-bond donors (Lipinski definition) is 0. The van der Waals surface area contributed by atoms with Crippen molar-refractivity contribution < 1.29 is 22.7 Å². The maximum atomic E-state index is 13.1. The van der Waals surface area contributed by atoms with Crippen molar-refractivity contribution in [2.75, 3.05) is 0 Å². The summed E-state index contributed by atoms with van der Waals surface area (Å²) in [5, 5.41) is 12.0. The second-order valence-corrected chi connectivity index (χ2v) is 5.51. The molecule has 0 heterocycles. The molecule has 6 heteroatoms. The van der Waals surface area contributed by atoms with Crippen LogP contribution in [0, 0.1) is 5.82 Å². The first-order valence-corrected chi connectivity index (χ1v) is 7.63. The summed E-state index contributed by atoms with van der Waals surface area (Å²) < 4.78 is 52.2. The molecule has 0 saturated carbocycles. The van der Waals surface area contributed by atoms with Crippen LogP contribution in [-0.2, 0) is 6.18 Å². The first kappa shape index (κ1) is 17.7. The van der Waals surface area contributed by atoms with Crippen LogP contribution in [0.4, 0.5) is 23.2 Å². The highest BCUT2D eigenvalue weighted by Crippen LogP contribution is 2.37. The predicted molar refractivity (Wildman–Crippen MR) is 89.5 cm³/mol. The topological polar surface area (TPSA) is 35.4 Å². The van der Waals surface area contributed by atoms with Gasteiger partial charge in [0.1, 0.15) is 5.82 Å². The van der Waals surface area contributed by atoms with E-state index in [4.69, 9.17) is 0 Å². The molecule has 0 radical (unpaired) electrons. The summed E-state index contributed by atoms with van der Waals surface area (Å²) in [5.74, 6) is -1.03. The van der Waals surface area contributed by atoms with Gasteiger partial charge in [-0.1, -0.05) is 42.5 Å². The Bertz CT molecular complexity index is 929. The van der Waals surface area contributed by atoms with Gasteiger partial charge in [0, 0.05) is 0 Å². The lowest BCUT2D eigenvalue weighted by Crippen LogP contribution is -2.18. The van der Waals surface area contributed by atoms with Crippen molar-refractivity contribution in [3.05, 3.63) is 89.7 Å². The number of nitrogens with zero attached hydrogens (tertiary/aromatic N) is 1. The van der Waals surface area contributed by atoms with Crippen molar-refractivity contribution in [3.63, 3.8) is 0 Å². The molecule has 0 saturated heterocycles. The molecule has 3 rings (SSSR count). The Kier molecular flexibility index (Phi) is 4.75. The SMILES string of the molecule is [O-]C(=Nc1ccc(-c2ccccc2C(F)(F)F)cc1)c1ccc(F)cc1. The maximum absolute atomic E-state index is 13.1. The third kappa shape index (κ3) is 3.91. The largest absolute Gasteiger partial charge is 0.858 e. The van der Waals surface area contributed by atoms with Gasteiger partial charge in [0.25, 0.3) is 0 Å². The lowest BCUT2D eigenvalue weighted by atomic mass is 9.99. The normalized spacial score (nSPS) is 12.2. The van der Waals surface area contributed by atoms with E-state index in [1.165, 1.54) is 54.6 Å². The van der Waals surface area contributed by atoms with E-state index in [0.717, 1.165) is 18.2 Å². The molecule has 0 aromatic heterocycles. The lowest BCUT2D eigenvalue weighted by Gasteiger charge is -2.13. The van der Waals surface area contributed by atoms with Crippen molar-refractivity contribution in [3.8, 4) is 11.1 Å². The number of halogens is 4. The summed E-state index contributed by atoms with van der Waals surface area (Å²) >= 11 is 0. The summed E-state index contributed by atoms with van der Waals surface area (Å²) in [6.07, 6.45) is -4.46. The van der Waals surface area contributed by atoms with E-state index in [0.29, 0.717) is 11.3 Å². The molecule has 0 aliphatic carbocycles. The predicted octanol–water partition coefficient (Wildman–Crippen LogP) is 4.95. The second-order valence-electron chi connectivity index (χ2n) is 5.51. The van der Waals surface area contributed by atoms with Gasteiger partial charge >= 0.3 is 6.18 Å². The molecule has 0 atom stereocenters. The Morgan fingerprint density at radius 1 is 0.808 bits per heavy atom. The molecule has 0 fully saturated rings. The van der Waals surface area contributed by atoms with Gasteiger partial charge < -0.3 is 5.11 Å². The average Bonchev–Trinajstić information content (AvgIpc) is 2.62. The molecule has 0 amide bonds. The quantitative estimate of drug-likeness (QED) is 0.371. The summed E-state index contributed by atoms with van der Waals surface area (Å²) in [6, 6.07) is 16.1. The fourth-order valence-electron chi connectivity index (χ4n) is 2.47. The van der Waals surface area contributed by atoms with Crippen LogP contribution in [0.1, 0.15) is 11.1 Å². The van der Waals surface area contributed by atoms with Gasteiger partial charge in [-0.3, -0.25) is 4.99 Å². The van der Waals surface area contributed by atoms with Gasteiger partial charge in [0.05, 0.1) is 11.3 Å². The minimum absolute atomic E-state index is 0.0522. The number of hydrogen-bond acceptors (Lipinski definition) is 2. The minimum atomic E-state index is -4.46. The highest BCUT2D eigenvalue weighted by molar-refractivity contribution is 5.92. The van der Waals surface area contributed by atoms with Crippen molar-refractivity contribution >= 4 is 11.6 Å². The van der Waals surface area contributed by atoms with Crippen LogP contribution in [-0.4, -0.2) is 5.90 Å². The first-order valence-electron chi connectivity index (χ1n) is 7.63. The number of rotatable bonds is 3. The lowest BCUT2D eigenvalue weighted by molar-refractivity contribution is -0.212. The van der Waals surface area contributed by atoms with E-state index in [2.05, 4.69) is 4.99 Å². The highest BCUT2D eigenvalue weighted by atomic mass is 19.4. The third-order valence-electron chi connectivity index (χ3n) is 3.73. The van der Waals surface area contributed by atoms with Crippen LogP contribution in [0.2, 0.25) is 0 Å². The van der Waals surface area contributed by atoms with Gasteiger partial charge in [0.2, 0.25) is 0 Å². The second kappa shape index (κ2) is 7.00. The zero-order chi connectivity index (χ0) is 18.7. The molecule has 26 heavy (non-hydrogen) atoms. The molecule has 132 valence electrons.